The number of ether oxygens (including phenoxy) is 2. The van der Waals surface area contributed by atoms with E-state index in [1.165, 1.54) is 18.2 Å². The molecule has 4 rings (SSSR count). The molecule has 2 N–H and O–H groups in total. The van der Waals surface area contributed by atoms with Crippen molar-refractivity contribution in [2.24, 2.45) is 0 Å². The Hall–Kier alpha value is -3.07. The molecule has 0 saturated heterocycles. The SMILES string of the molecule is C[C@H](NC(=O)c1ccc(Cl)c(S(=O)(=O)NC[C@@H]2COc3ccccc3O2)c1)c1ccccc1. The third-order valence-corrected chi connectivity index (χ3v) is 7.10. The maximum Gasteiger partial charge on any atom is 0.251 e. The summed E-state index contributed by atoms with van der Waals surface area (Å²) in [5.74, 6) is 0.764. The first kappa shape index (κ1) is 23.1. The van der Waals surface area contributed by atoms with Gasteiger partial charge in [0, 0.05) is 5.56 Å². The predicted molar refractivity (Wildman–Crippen MR) is 125 cm³/mol. The van der Waals surface area contributed by atoms with E-state index in [1.54, 1.807) is 12.1 Å². The van der Waals surface area contributed by atoms with Crippen LogP contribution in [0.5, 0.6) is 11.5 Å². The lowest BCUT2D eigenvalue weighted by atomic mass is 10.1. The number of halogens is 1. The number of hydrogen-bond acceptors (Lipinski definition) is 5. The molecule has 0 radical (unpaired) electrons. The van der Waals surface area contributed by atoms with Crippen molar-refractivity contribution in [2.45, 2.75) is 24.0 Å². The number of carbonyl (C=O) groups is 1. The maximum atomic E-state index is 12.9. The lowest BCUT2D eigenvalue weighted by molar-refractivity contribution is 0.0939. The second-order valence-corrected chi connectivity index (χ2v) is 9.74. The van der Waals surface area contributed by atoms with Crippen molar-refractivity contribution in [1.29, 1.82) is 0 Å². The number of amides is 1. The second-order valence-electron chi connectivity index (χ2n) is 7.60. The molecule has 0 spiro atoms. The molecule has 3 aromatic rings. The van der Waals surface area contributed by atoms with Crippen LogP contribution < -0.4 is 19.5 Å². The summed E-state index contributed by atoms with van der Waals surface area (Å²) in [7, 11) is -4.00. The Kier molecular flexibility index (Phi) is 6.88. The summed E-state index contributed by atoms with van der Waals surface area (Å²) < 4.78 is 39.8. The van der Waals surface area contributed by atoms with Gasteiger partial charge in [-0.1, -0.05) is 54.1 Å². The largest absolute Gasteiger partial charge is 0.486 e. The van der Waals surface area contributed by atoms with Crippen molar-refractivity contribution in [3.63, 3.8) is 0 Å². The molecule has 0 aliphatic carbocycles. The van der Waals surface area contributed by atoms with Crippen LogP contribution in [0.3, 0.4) is 0 Å². The van der Waals surface area contributed by atoms with Crippen LogP contribution in [0.1, 0.15) is 28.9 Å². The Balaban J connectivity index is 1.44. The molecule has 7 nitrogen and oxygen atoms in total. The predicted octanol–water partition coefficient (Wildman–Crippen LogP) is 3.95. The Morgan fingerprint density at radius 1 is 1.06 bits per heavy atom. The molecule has 3 aromatic carbocycles. The van der Waals surface area contributed by atoms with Crippen molar-refractivity contribution >= 4 is 27.5 Å². The van der Waals surface area contributed by atoms with Crippen molar-refractivity contribution in [3.8, 4) is 11.5 Å². The van der Waals surface area contributed by atoms with Crippen LogP contribution in [0.15, 0.2) is 77.7 Å². The van der Waals surface area contributed by atoms with Gasteiger partial charge in [-0.3, -0.25) is 4.79 Å². The minimum Gasteiger partial charge on any atom is -0.486 e. The number of hydrogen-bond donors (Lipinski definition) is 2. The molecule has 2 atom stereocenters. The highest BCUT2D eigenvalue weighted by Crippen LogP contribution is 2.31. The minimum atomic E-state index is -4.00. The Bertz CT molecular complexity index is 1250. The number of benzene rings is 3. The van der Waals surface area contributed by atoms with Crippen molar-refractivity contribution in [1.82, 2.24) is 10.0 Å². The molecule has 1 aliphatic heterocycles. The zero-order valence-corrected chi connectivity index (χ0v) is 19.4. The smallest absolute Gasteiger partial charge is 0.251 e. The number of sulfonamides is 1. The molecule has 172 valence electrons. The first-order chi connectivity index (χ1) is 15.8. The van der Waals surface area contributed by atoms with Crippen LogP contribution in [0.2, 0.25) is 5.02 Å². The topological polar surface area (TPSA) is 93.7 Å². The van der Waals surface area contributed by atoms with E-state index in [1.807, 2.05) is 49.4 Å². The molecule has 1 aliphatic rings. The van der Waals surface area contributed by atoms with E-state index < -0.39 is 22.0 Å². The van der Waals surface area contributed by atoms with Gasteiger partial charge in [0.15, 0.2) is 11.5 Å². The summed E-state index contributed by atoms with van der Waals surface area (Å²) in [6, 6.07) is 20.6. The van der Waals surface area contributed by atoms with Gasteiger partial charge in [0.25, 0.3) is 5.91 Å². The van der Waals surface area contributed by atoms with Gasteiger partial charge in [-0.05, 0) is 42.8 Å². The average Bonchev–Trinajstić information content (AvgIpc) is 2.83. The number of nitrogens with one attached hydrogen (secondary N) is 2. The summed E-state index contributed by atoms with van der Waals surface area (Å²) in [5.41, 5.74) is 1.12. The van der Waals surface area contributed by atoms with Crippen molar-refractivity contribution in [3.05, 3.63) is 88.9 Å². The molecule has 0 aromatic heterocycles. The van der Waals surface area contributed by atoms with Gasteiger partial charge in [-0.2, -0.15) is 0 Å². The molecule has 0 bridgehead atoms. The van der Waals surface area contributed by atoms with Crippen LogP contribution >= 0.6 is 11.6 Å². The first-order valence-electron chi connectivity index (χ1n) is 10.4. The molecule has 0 unspecified atom stereocenters. The van der Waals surface area contributed by atoms with Crippen molar-refractivity contribution < 1.29 is 22.7 Å². The van der Waals surface area contributed by atoms with Crippen LogP contribution in [-0.4, -0.2) is 33.6 Å². The van der Waals surface area contributed by atoms with E-state index in [-0.39, 0.29) is 34.7 Å². The number of para-hydroxylation sites is 2. The second kappa shape index (κ2) is 9.82. The first-order valence-corrected chi connectivity index (χ1v) is 12.2. The minimum absolute atomic E-state index is 0.0151. The zero-order valence-electron chi connectivity index (χ0n) is 17.8. The summed E-state index contributed by atoms with van der Waals surface area (Å²) in [6.45, 7) is 2.04. The fourth-order valence-electron chi connectivity index (χ4n) is 3.40. The van der Waals surface area contributed by atoms with E-state index in [0.717, 1.165) is 5.56 Å². The summed E-state index contributed by atoms with van der Waals surface area (Å²) >= 11 is 6.17. The Labute approximate surface area is 197 Å². The summed E-state index contributed by atoms with van der Waals surface area (Å²) in [6.07, 6.45) is -0.508. The molecule has 0 saturated carbocycles. The quantitative estimate of drug-likeness (QED) is 0.527. The van der Waals surface area contributed by atoms with Crippen LogP contribution in [0.4, 0.5) is 0 Å². The third-order valence-electron chi connectivity index (χ3n) is 5.20. The van der Waals surface area contributed by atoms with Gasteiger partial charge in [-0.15, -0.1) is 0 Å². The molecular formula is C24H23ClN2O5S. The highest BCUT2D eigenvalue weighted by Gasteiger charge is 2.25. The average molecular weight is 487 g/mol. The van der Waals surface area contributed by atoms with E-state index >= 15 is 0 Å². The Morgan fingerprint density at radius 3 is 2.52 bits per heavy atom. The van der Waals surface area contributed by atoms with Gasteiger partial charge in [0.05, 0.1) is 17.6 Å². The summed E-state index contributed by atoms with van der Waals surface area (Å²) in [5, 5.41) is 2.89. The molecule has 9 heteroatoms. The van der Waals surface area contributed by atoms with Gasteiger partial charge in [0.2, 0.25) is 10.0 Å². The molecular weight excluding hydrogens is 464 g/mol. The maximum absolute atomic E-state index is 12.9. The lowest BCUT2D eigenvalue weighted by Gasteiger charge is -2.26. The fourth-order valence-corrected chi connectivity index (χ4v) is 4.99. The van der Waals surface area contributed by atoms with Gasteiger partial charge < -0.3 is 14.8 Å². The van der Waals surface area contributed by atoms with Crippen molar-refractivity contribution in [2.75, 3.05) is 13.2 Å². The van der Waals surface area contributed by atoms with E-state index in [2.05, 4.69) is 10.0 Å². The molecule has 33 heavy (non-hydrogen) atoms. The van der Waals surface area contributed by atoms with E-state index in [4.69, 9.17) is 21.1 Å². The number of carbonyl (C=O) groups excluding carboxylic acids is 1. The third kappa shape index (κ3) is 5.47. The van der Waals surface area contributed by atoms with Crippen LogP contribution in [0, 0.1) is 0 Å². The highest BCUT2D eigenvalue weighted by atomic mass is 35.5. The van der Waals surface area contributed by atoms with Gasteiger partial charge >= 0.3 is 0 Å². The molecule has 1 heterocycles. The van der Waals surface area contributed by atoms with E-state index in [0.29, 0.717) is 11.5 Å². The highest BCUT2D eigenvalue weighted by molar-refractivity contribution is 7.89. The van der Waals surface area contributed by atoms with Crippen LogP contribution in [-0.2, 0) is 10.0 Å². The lowest BCUT2D eigenvalue weighted by Crippen LogP contribution is -2.40. The van der Waals surface area contributed by atoms with Gasteiger partial charge in [0.1, 0.15) is 17.6 Å². The fraction of sp³-hybridized carbons (Fsp3) is 0.208. The molecule has 1 amide bonds. The van der Waals surface area contributed by atoms with E-state index in [9.17, 15) is 13.2 Å². The van der Waals surface area contributed by atoms with Gasteiger partial charge in [-0.25, -0.2) is 13.1 Å². The summed E-state index contributed by atoms with van der Waals surface area (Å²) in [4.78, 5) is 12.6. The van der Waals surface area contributed by atoms with Crippen LogP contribution in [0.25, 0.3) is 0 Å². The Morgan fingerprint density at radius 2 is 1.76 bits per heavy atom. The number of rotatable bonds is 7. The monoisotopic (exact) mass is 486 g/mol. The normalized spacial score (nSPS) is 16.1. The zero-order chi connectivity index (χ0) is 23.4. The standard InChI is InChI=1S/C24H23ClN2O5S/c1-16(17-7-3-2-4-8-17)27-24(28)18-11-12-20(25)23(13-18)33(29,30)26-14-19-15-31-21-9-5-6-10-22(21)32-19/h2-13,16,19,26H,14-15H2,1H3,(H,27,28)/t16-,19+/m0/s1. The molecule has 0 fully saturated rings. The number of fused-ring (bicyclic) bond motifs is 1.